The molecule has 0 atom stereocenters. The zero-order valence-corrected chi connectivity index (χ0v) is 14.7. The third kappa shape index (κ3) is 2.60. The third-order valence-corrected chi connectivity index (χ3v) is 4.46. The predicted octanol–water partition coefficient (Wildman–Crippen LogP) is 5.18. The standard InChI is InChI=1S/C18H15FN4.C2H6/c1-11-2-7-16-15(8-11)20-10-22(16)18-21-14-6-3-12(19)9-17(14)23(18)13-4-5-13;1-2/h2-3,6-10,13H,4-5H2,1H3;1-2H3. The Bertz CT molecular complexity index is 1060. The summed E-state index contributed by atoms with van der Waals surface area (Å²) >= 11 is 0. The molecule has 0 bridgehead atoms. The third-order valence-electron chi connectivity index (χ3n) is 4.46. The molecular formula is C20H21FN4. The number of aromatic nitrogens is 4. The summed E-state index contributed by atoms with van der Waals surface area (Å²) in [6, 6.07) is 11.4. The number of imidazole rings is 2. The van der Waals surface area contributed by atoms with Gasteiger partial charge < -0.3 is 4.57 Å². The SMILES string of the molecule is CC.Cc1ccc2c(c1)ncn2-c1nc2ccc(F)cc2n1C1CC1. The van der Waals surface area contributed by atoms with Crippen LogP contribution in [0.5, 0.6) is 0 Å². The Morgan fingerprint density at radius 1 is 1.00 bits per heavy atom. The van der Waals surface area contributed by atoms with Crippen molar-refractivity contribution in [3.63, 3.8) is 0 Å². The summed E-state index contributed by atoms with van der Waals surface area (Å²) < 4.78 is 17.8. The highest BCUT2D eigenvalue weighted by molar-refractivity contribution is 5.81. The van der Waals surface area contributed by atoms with Crippen LogP contribution in [-0.2, 0) is 0 Å². The number of nitrogens with zero attached hydrogens (tertiary/aromatic N) is 4. The van der Waals surface area contributed by atoms with E-state index in [0.717, 1.165) is 40.9 Å². The van der Waals surface area contributed by atoms with E-state index in [-0.39, 0.29) is 5.82 Å². The molecule has 1 saturated carbocycles. The smallest absolute Gasteiger partial charge is 0.216 e. The molecule has 2 heterocycles. The Balaban J connectivity index is 0.000000758. The van der Waals surface area contributed by atoms with Gasteiger partial charge in [0.1, 0.15) is 12.1 Å². The highest BCUT2D eigenvalue weighted by Gasteiger charge is 2.29. The van der Waals surface area contributed by atoms with Crippen LogP contribution in [0.2, 0.25) is 0 Å². The average molecular weight is 336 g/mol. The molecule has 2 aromatic heterocycles. The average Bonchev–Trinajstić information content (AvgIpc) is 3.26. The van der Waals surface area contributed by atoms with Crippen LogP contribution in [0, 0.1) is 12.7 Å². The van der Waals surface area contributed by atoms with Gasteiger partial charge in [0.05, 0.1) is 22.1 Å². The molecule has 25 heavy (non-hydrogen) atoms. The summed E-state index contributed by atoms with van der Waals surface area (Å²) in [5.74, 6) is 0.594. The van der Waals surface area contributed by atoms with Gasteiger partial charge in [0.25, 0.3) is 0 Å². The van der Waals surface area contributed by atoms with Crippen LogP contribution in [0.1, 0.15) is 38.3 Å². The van der Waals surface area contributed by atoms with Gasteiger partial charge >= 0.3 is 0 Å². The number of halogens is 1. The predicted molar refractivity (Wildman–Crippen MR) is 98.7 cm³/mol. The minimum Gasteiger partial charge on any atom is -0.306 e. The maximum Gasteiger partial charge on any atom is 0.216 e. The van der Waals surface area contributed by atoms with Crippen molar-refractivity contribution in [2.24, 2.45) is 0 Å². The molecule has 128 valence electrons. The second-order valence-corrected chi connectivity index (χ2v) is 6.25. The van der Waals surface area contributed by atoms with Crippen molar-refractivity contribution in [3.05, 3.63) is 54.1 Å². The summed E-state index contributed by atoms with van der Waals surface area (Å²) in [5.41, 5.74) is 4.83. The normalized spacial score (nSPS) is 13.9. The Morgan fingerprint density at radius 3 is 2.56 bits per heavy atom. The van der Waals surface area contributed by atoms with Crippen molar-refractivity contribution < 1.29 is 4.39 Å². The summed E-state index contributed by atoms with van der Waals surface area (Å²) in [4.78, 5) is 9.25. The van der Waals surface area contributed by atoms with Gasteiger partial charge in [-0.25, -0.2) is 14.4 Å². The van der Waals surface area contributed by atoms with Crippen molar-refractivity contribution >= 4 is 22.1 Å². The Hall–Kier alpha value is -2.69. The lowest BCUT2D eigenvalue weighted by Gasteiger charge is -2.09. The van der Waals surface area contributed by atoms with E-state index in [2.05, 4.69) is 34.7 Å². The van der Waals surface area contributed by atoms with Crippen molar-refractivity contribution in [1.29, 1.82) is 0 Å². The maximum absolute atomic E-state index is 13.7. The van der Waals surface area contributed by atoms with E-state index in [1.807, 2.05) is 18.4 Å². The van der Waals surface area contributed by atoms with Gasteiger partial charge in [0.15, 0.2) is 0 Å². The van der Waals surface area contributed by atoms with Gasteiger partial charge in [0.2, 0.25) is 5.95 Å². The summed E-state index contributed by atoms with van der Waals surface area (Å²) in [5, 5.41) is 0. The second kappa shape index (κ2) is 5.99. The summed E-state index contributed by atoms with van der Waals surface area (Å²) in [6.45, 7) is 6.06. The van der Waals surface area contributed by atoms with Crippen LogP contribution in [-0.4, -0.2) is 19.1 Å². The van der Waals surface area contributed by atoms with Gasteiger partial charge in [-0.05, 0) is 55.7 Å². The molecule has 1 fully saturated rings. The van der Waals surface area contributed by atoms with Gasteiger partial charge in [-0.15, -0.1) is 0 Å². The molecule has 4 aromatic rings. The Labute approximate surface area is 145 Å². The van der Waals surface area contributed by atoms with Crippen molar-refractivity contribution in [2.45, 2.75) is 39.7 Å². The molecule has 5 rings (SSSR count). The summed E-state index contributed by atoms with van der Waals surface area (Å²) in [6.07, 6.45) is 4.03. The number of hydrogen-bond acceptors (Lipinski definition) is 2. The molecule has 0 unspecified atom stereocenters. The van der Waals surface area contributed by atoms with Gasteiger partial charge in [0, 0.05) is 6.04 Å². The van der Waals surface area contributed by atoms with Crippen LogP contribution in [0.3, 0.4) is 0 Å². The largest absolute Gasteiger partial charge is 0.306 e. The van der Waals surface area contributed by atoms with Gasteiger partial charge in [-0.1, -0.05) is 19.9 Å². The monoisotopic (exact) mass is 336 g/mol. The number of benzene rings is 2. The number of fused-ring (bicyclic) bond motifs is 2. The van der Waals surface area contributed by atoms with E-state index in [9.17, 15) is 4.39 Å². The molecule has 0 amide bonds. The van der Waals surface area contributed by atoms with E-state index in [4.69, 9.17) is 4.98 Å². The number of aryl methyl sites for hydroxylation is 1. The van der Waals surface area contributed by atoms with Crippen LogP contribution < -0.4 is 0 Å². The lowest BCUT2D eigenvalue weighted by Crippen LogP contribution is -2.04. The maximum atomic E-state index is 13.7. The fraction of sp³-hybridized carbons (Fsp3) is 0.300. The molecular weight excluding hydrogens is 315 g/mol. The molecule has 1 aliphatic rings. The fourth-order valence-corrected chi connectivity index (χ4v) is 3.20. The van der Waals surface area contributed by atoms with E-state index in [0.29, 0.717) is 6.04 Å². The second-order valence-electron chi connectivity index (χ2n) is 6.25. The van der Waals surface area contributed by atoms with E-state index < -0.39 is 0 Å². The first-order chi connectivity index (χ1) is 12.2. The van der Waals surface area contributed by atoms with Gasteiger partial charge in [-0.2, -0.15) is 0 Å². The van der Waals surface area contributed by atoms with E-state index in [1.54, 1.807) is 18.5 Å². The van der Waals surface area contributed by atoms with Crippen LogP contribution in [0.25, 0.3) is 28.0 Å². The molecule has 5 heteroatoms. The van der Waals surface area contributed by atoms with Crippen LogP contribution in [0.15, 0.2) is 42.7 Å². The van der Waals surface area contributed by atoms with Crippen LogP contribution in [0.4, 0.5) is 4.39 Å². The first kappa shape index (κ1) is 15.8. The minimum atomic E-state index is -0.225. The lowest BCUT2D eigenvalue weighted by molar-refractivity contribution is 0.627. The number of rotatable bonds is 2. The minimum absolute atomic E-state index is 0.225. The molecule has 0 spiro atoms. The van der Waals surface area contributed by atoms with Crippen molar-refractivity contribution in [1.82, 2.24) is 19.1 Å². The highest BCUT2D eigenvalue weighted by Crippen LogP contribution is 2.40. The van der Waals surface area contributed by atoms with Crippen molar-refractivity contribution in [2.75, 3.05) is 0 Å². The molecule has 0 radical (unpaired) electrons. The molecule has 4 nitrogen and oxygen atoms in total. The highest BCUT2D eigenvalue weighted by atomic mass is 19.1. The van der Waals surface area contributed by atoms with Crippen molar-refractivity contribution in [3.8, 4) is 5.95 Å². The molecule has 0 saturated heterocycles. The molecule has 0 aliphatic heterocycles. The van der Waals surface area contributed by atoms with Gasteiger partial charge in [-0.3, -0.25) is 4.57 Å². The topological polar surface area (TPSA) is 35.6 Å². The first-order valence-electron chi connectivity index (χ1n) is 8.82. The van der Waals surface area contributed by atoms with E-state index >= 15 is 0 Å². The zero-order valence-electron chi connectivity index (χ0n) is 14.7. The molecule has 0 N–H and O–H groups in total. The lowest BCUT2D eigenvalue weighted by atomic mass is 10.2. The zero-order chi connectivity index (χ0) is 17.6. The Morgan fingerprint density at radius 2 is 1.80 bits per heavy atom. The van der Waals surface area contributed by atoms with Crippen LogP contribution >= 0.6 is 0 Å². The summed E-state index contributed by atoms with van der Waals surface area (Å²) in [7, 11) is 0. The van der Waals surface area contributed by atoms with E-state index in [1.165, 1.54) is 11.6 Å². The molecule has 2 aromatic carbocycles. The molecule has 1 aliphatic carbocycles. The number of hydrogen-bond donors (Lipinski definition) is 0. The Kier molecular flexibility index (Phi) is 3.79. The quantitative estimate of drug-likeness (QED) is 0.505. The fourth-order valence-electron chi connectivity index (χ4n) is 3.20. The first-order valence-corrected chi connectivity index (χ1v) is 8.82.